The minimum atomic E-state index is -2.04. The van der Waals surface area contributed by atoms with Gasteiger partial charge in [0.15, 0.2) is 5.84 Å². The van der Waals surface area contributed by atoms with E-state index in [0.29, 0.717) is 18.0 Å². The van der Waals surface area contributed by atoms with Gasteiger partial charge in [0.05, 0.1) is 20.8 Å². The summed E-state index contributed by atoms with van der Waals surface area (Å²) in [6.45, 7) is 2.28. The van der Waals surface area contributed by atoms with E-state index in [4.69, 9.17) is 27.4 Å². The number of nitrogens with two attached hydrogens (primary N) is 4. The van der Waals surface area contributed by atoms with Gasteiger partial charge >= 0.3 is 0 Å². The molecule has 0 aliphatic carbocycles. The highest BCUT2D eigenvalue weighted by Gasteiger charge is 2.27. The van der Waals surface area contributed by atoms with E-state index in [2.05, 4.69) is 25.7 Å². The Kier molecular flexibility index (Phi) is 7.14. The first-order valence-electron chi connectivity index (χ1n) is 10.1. The molecule has 3 aromatic rings. The van der Waals surface area contributed by atoms with Gasteiger partial charge in [-0.25, -0.2) is 34.6 Å². The number of hydrogen-bond donors (Lipinski definition) is 8. The topological polar surface area (TPSA) is 215 Å². The zero-order valence-electron chi connectivity index (χ0n) is 17.6. The number of aromatic amines is 1. The first kappa shape index (κ1) is 23.4. The quantitative estimate of drug-likeness (QED) is 0.0766. The van der Waals surface area contributed by atoms with Crippen LogP contribution in [0.2, 0.25) is 0 Å². The van der Waals surface area contributed by atoms with Gasteiger partial charge in [0.25, 0.3) is 0 Å². The average molecular weight is 491 g/mol. The molecular formula is C19H26N10O2S2. The number of hydrogen-bond acceptors (Lipinski definition) is 8. The highest BCUT2D eigenvalue weighted by atomic mass is 32.2. The van der Waals surface area contributed by atoms with Crippen LogP contribution in [0, 0.1) is 0 Å². The third-order valence-electron chi connectivity index (χ3n) is 5.33. The van der Waals surface area contributed by atoms with E-state index < -0.39 is 22.0 Å². The lowest BCUT2D eigenvalue weighted by Crippen LogP contribution is -2.40. The fraction of sp³-hybridized carbons (Fsp3) is 0.263. The lowest BCUT2D eigenvalue weighted by Gasteiger charge is -2.24. The predicted octanol–water partition coefficient (Wildman–Crippen LogP) is -1.45. The minimum absolute atomic E-state index is 0.0602. The van der Waals surface area contributed by atoms with Crippen LogP contribution in [0.15, 0.2) is 45.2 Å². The fourth-order valence-corrected chi connectivity index (χ4v) is 5.76. The van der Waals surface area contributed by atoms with Crippen LogP contribution in [0.3, 0.4) is 0 Å². The molecule has 33 heavy (non-hydrogen) atoms. The molecule has 2 heterocycles. The van der Waals surface area contributed by atoms with Gasteiger partial charge in [-0.05, 0) is 17.7 Å². The largest absolute Gasteiger partial charge is 0.382 e. The fourth-order valence-electron chi connectivity index (χ4n) is 3.69. The summed E-state index contributed by atoms with van der Waals surface area (Å²) in [5.74, 6) is 6.49. The number of rotatable bonds is 9. The van der Waals surface area contributed by atoms with Crippen molar-refractivity contribution in [1.29, 1.82) is 0 Å². The van der Waals surface area contributed by atoms with E-state index in [0.717, 1.165) is 35.5 Å². The van der Waals surface area contributed by atoms with Gasteiger partial charge in [0, 0.05) is 43.2 Å². The number of imidazole rings is 1. The van der Waals surface area contributed by atoms with Crippen molar-refractivity contribution in [2.45, 2.75) is 15.7 Å². The molecule has 2 atom stereocenters. The van der Waals surface area contributed by atoms with Crippen LogP contribution >= 0.6 is 0 Å². The van der Waals surface area contributed by atoms with Crippen molar-refractivity contribution in [1.82, 2.24) is 25.5 Å². The maximum absolute atomic E-state index is 12.8. The van der Waals surface area contributed by atoms with Crippen LogP contribution in [-0.4, -0.2) is 50.4 Å². The standard InChI is InChI=1S/C19H26N10O2S2/c20-6-7-25-33(31)14-5-4-11(15(17(14)32(23)30)18(21)28-29-22)12-2-1-3-13-16(12)27-19(26-13)10-8-24-9-10/h1-5,10,24-25,29H,6-9,20,22-23H2,(H2,21,28)(H,26,27). The molecule has 2 aromatic carbocycles. The number of benzene rings is 2. The second-order valence-electron chi connectivity index (χ2n) is 7.37. The van der Waals surface area contributed by atoms with Crippen molar-refractivity contribution >= 4 is 38.8 Å². The van der Waals surface area contributed by atoms with Crippen LogP contribution in [0.1, 0.15) is 17.3 Å². The van der Waals surface area contributed by atoms with Gasteiger partial charge in [-0.15, -0.1) is 5.10 Å². The molecule has 12 N–H and O–H groups in total. The Balaban J connectivity index is 1.96. The molecule has 0 spiro atoms. The number of amidine groups is 1. The summed E-state index contributed by atoms with van der Waals surface area (Å²) in [5, 5.41) is 13.0. The van der Waals surface area contributed by atoms with Gasteiger partial charge < -0.3 is 21.8 Å². The SMILES string of the molecule is NCCNS(=O)c1ccc(-c2cccc3[nH]c(C4CNC4)nc23)c(/C(N)=N/NN)c1S(N)=O. The molecule has 176 valence electrons. The van der Waals surface area contributed by atoms with Crippen LogP contribution in [-0.2, 0) is 22.0 Å². The lowest BCUT2D eigenvalue weighted by atomic mass is 9.97. The van der Waals surface area contributed by atoms with Crippen molar-refractivity contribution < 1.29 is 8.42 Å². The van der Waals surface area contributed by atoms with Gasteiger partial charge in [0.2, 0.25) is 0 Å². The van der Waals surface area contributed by atoms with Crippen molar-refractivity contribution in [2.75, 3.05) is 26.2 Å². The van der Waals surface area contributed by atoms with Crippen LogP contribution in [0.25, 0.3) is 22.2 Å². The molecule has 1 aliphatic heterocycles. The molecule has 0 amide bonds. The number of nitrogens with one attached hydrogen (secondary N) is 4. The Hall–Kier alpha value is -2.72. The highest BCUT2D eigenvalue weighted by molar-refractivity contribution is 7.86. The van der Waals surface area contributed by atoms with E-state index in [9.17, 15) is 8.42 Å². The Morgan fingerprint density at radius 2 is 2.00 bits per heavy atom. The third kappa shape index (κ3) is 4.54. The zero-order valence-corrected chi connectivity index (χ0v) is 19.3. The Bertz CT molecular complexity index is 1250. The third-order valence-corrected chi connectivity index (χ3v) is 7.49. The van der Waals surface area contributed by atoms with Gasteiger partial charge in [0.1, 0.15) is 27.8 Å². The molecule has 1 aliphatic rings. The molecule has 1 saturated heterocycles. The molecule has 4 rings (SSSR count). The summed E-state index contributed by atoms with van der Waals surface area (Å²) in [6.07, 6.45) is 0. The van der Waals surface area contributed by atoms with Crippen LogP contribution in [0.4, 0.5) is 0 Å². The Morgan fingerprint density at radius 1 is 1.21 bits per heavy atom. The smallest absolute Gasteiger partial charge is 0.154 e. The number of hydrazine groups is 1. The number of hydrazone groups is 1. The minimum Gasteiger partial charge on any atom is -0.382 e. The first-order chi connectivity index (χ1) is 16.0. The number of para-hydroxylation sites is 1. The summed E-state index contributed by atoms with van der Waals surface area (Å²) in [4.78, 5) is 8.49. The van der Waals surface area contributed by atoms with E-state index in [1.807, 2.05) is 18.2 Å². The second-order valence-corrected chi connectivity index (χ2v) is 9.64. The van der Waals surface area contributed by atoms with Gasteiger partial charge in [-0.1, -0.05) is 18.2 Å². The van der Waals surface area contributed by atoms with E-state index in [-0.39, 0.29) is 27.7 Å². The molecule has 14 heteroatoms. The van der Waals surface area contributed by atoms with Crippen LogP contribution < -0.4 is 38.0 Å². The maximum atomic E-state index is 12.8. The predicted molar refractivity (Wildman–Crippen MR) is 129 cm³/mol. The summed E-state index contributed by atoms with van der Waals surface area (Å²) >= 11 is 0. The number of H-pyrrole nitrogens is 1. The van der Waals surface area contributed by atoms with Crippen molar-refractivity contribution in [3.63, 3.8) is 0 Å². The summed E-state index contributed by atoms with van der Waals surface area (Å²) in [6, 6.07) is 9.02. The summed E-state index contributed by atoms with van der Waals surface area (Å²) in [7, 11) is -3.77. The normalized spacial score (nSPS) is 16.5. The van der Waals surface area contributed by atoms with Gasteiger partial charge in [-0.3, -0.25) is 0 Å². The van der Waals surface area contributed by atoms with Crippen LogP contribution in [0.5, 0.6) is 0 Å². The van der Waals surface area contributed by atoms with E-state index in [1.165, 1.54) is 0 Å². The molecule has 1 fully saturated rings. The molecule has 0 radical (unpaired) electrons. The first-order valence-corrected chi connectivity index (χ1v) is 12.5. The zero-order chi connectivity index (χ0) is 23.5. The molecule has 0 bridgehead atoms. The Morgan fingerprint density at radius 3 is 2.64 bits per heavy atom. The number of aromatic nitrogens is 2. The molecule has 12 nitrogen and oxygen atoms in total. The molecular weight excluding hydrogens is 464 g/mol. The molecule has 2 unspecified atom stereocenters. The molecule has 0 saturated carbocycles. The Labute approximate surface area is 195 Å². The molecule has 1 aromatic heterocycles. The monoisotopic (exact) mass is 490 g/mol. The number of nitrogens with zero attached hydrogens (tertiary/aromatic N) is 2. The van der Waals surface area contributed by atoms with Crippen molar-refractivity contribution in [2.24, 2.45) is 27.6 Å². The van der Waals surface area contributed by atoms with E-state index >= 15 is 0 Å². The van der Waals surface area contributed by atoms with Crippen molar-refractivity contribution in [3.8, 4) is 11.1 Å². The lowest BCUT2D eigenvalue weighted by molar-refractivity contribution is 0.433. The maximum Gasteiger partial charge on any atom is 0.154 e. The summed E-state index contributed by atoms with van der Waals surface area (Å²) < 4.78 is 28.3. The van der Waals surface area contributed by atoms with E-state index in [1.54, 1.807) is 12.1 Å². The highest BCUT2D eigenvalue weighted by Crippen LogP contribution is 2.35. The number of fused-ring (bicyclic) bond motifs is 1. The average Bonchev–Trinajstić information content (AvgIpc) is 3.18. The van der Waals surface area contributed by atoms with Crippen molar-refractivity contribution in [3.05, 3.63) is 41.7 Å². The second kappa shape index (κ2) is 10.0. The van der Waals surface area contributed by atoms with Gasteiger partial charge in [-0.2, -0.15) is 0 Å². The summed E-state index contributed by atoms with van der Waals surface area (Å²) in [5.41, 5.74) is 17.0.